The minimum absolute atomic E-state index is 0.0170. The van der Waals surface area contributed by atoms with Crippen LogP contribution >= 0.6 is 0 Å². The molecule has 0 aliphatic heterocycles. The number of nitrogens with zero attached hydrogens (tertiary/aromatic N) is 1. The van der Waals surface area contributed by atoms with Gasteiger partial charge in [-0.2, -0.15) is 0 Å². The maximum absolute atomic E-state index is 11.2. The smallest absolute Gasteiger partial charge is 0.223 e. The Bertz CT molecular complexity index is 402. The third kappa shape index (κ3) is 3.38. The molecule has 0 aliphatic carbocycles. The lowest BCUT2D eigenvalue weighted by atomic mass is 10.2. The highest BCUT2D eigenvalue weighted by Gasteiger charge is 2.05. The zero-order valence-corrected chi connectivity index (χ0v) is 9.78. The lowest BCUT2D eigenvalue weighted by Gasteiger charge is -2.15. The third-order valence-electron chi connectivity index (χ3n) is 2.31. The minimum atomic E-state index is -0.0645. The average molecular weight is 220 g/mol. The lowest BCUT2D eigenvalue weighted by Crippen LogP contribution is -2.23. The first-order chi connectivity index (χ1) is 7.50. The number of hydrogen-bond donors (Lipinski definition) is 1. The predicted octanol–water partition coefficient (Wildman–Crippen LogP) is 1.31. The van der Waals surface area contributed by atoms with Crippen molar-refractivity contribution in [3.63, 3.8) is 0 Å². The molecule has 0 aromatic heterocycles. The fourth-order valence-corrected chi connectivity index (χ4v) is 1.28. The molecule has 4 heteroatoms. The van der Waals surface area contributed by atoms with E-state index in [0.29, 0.717) is 6.54 Å². The van der Waals surface area contributed by atoms with Gasteiger partial charge in [-0.3, -0.25) is 9.59 Å². The summed E-state index contributed by atoms with van der Waals surface area (Å²) in [6, 6.07) is 7.52. The molecule has 1 aromatic rings. The van der Waals surface area contributed by atoms with Crippen LogP contribution in [-0.2, 0) is 16.1 Å². The molecular formula is C12H16N2O2. The largest absolute Gasteiger partial charge is 0.352 e. The van der Waals surface area contributed by atoms with Gasteiger partial charge in [-0.05, 0) is 17.7 Å². The molecule has 0 aliphatic rings. The fraction of sp³-hybridized carbons (Fsp3) is 0.333. The first-order valence-electron chi connectivity index (χ1n) is 5.08. The van der Waals surface area contributed by atoms with Crippen LogP contribution in [0.2, 0.25) is 0 Å². The molecule has 1 aromatic carbocycles. The molecule has 1 rings (SSSR count). The van der Waals surface area contributed by atoms with Crippen molar-refractivity contribution in [1.29, 1.82) is 0 Å². The first-order valence-corrected chi connectivity index (χ1v) is 5.08. The Hall–Kier alpha value is -1.84. The predicted molar refractivity (Wildman–Crippen MR) is 63.0 cm³/mol. The van der Waals surface area contributed by atoms with Crippen molar-refractivity contribution in [2.24, 2.45) is 0 Å². The van der Waals surface area contributed by atoms with Crippen molar-refractivity contribution in [1.82, 2.24) is 5.32 Å². The van der Waals surface area contributed by atoms with Crippen molar-refractivity contribution in [3.05, 3.63) is 29.8 Å². The summed E-state index contributed by atoms with van der Waals surface area (Å²) in [5, 5.41) is 2.71. The van der Waals surface area contributed by atoms with Crippen LogP contribution in [0.1, 0.15) is 19.4 Å². The van der Waals surface area contributed by atoms with Gasteiger partial charge in [-0.25, -0.2) is 0 Å². The van der Waals surface area contributed by atoms with Crippen LogP contribution in [0.4, 0.5) is 5.69 Å². The molecule has 86 valence electrons. The number of nitrogens with one attached hydrogen (secondary N) is 1. The normalized spacial score (nSPS) is 9.69. The van der Waals surface area contributed by atoms with E-state index in [2.05, 4.69) is 5.32 Å². The van der Waals surface area contributed by atoms with Crippen LogP contribution in [-0.4, -0.2) is 18.9 Å². The summed E-state index contributed by atoms with van der Waals surface area (Å²) in [5.74, 6) is -0.0815. The van der Waals surface area contributed by atoms with Gasteiger partial charge in [-0.15, -0.1) is 0 Å². The summed E-state index contributed by atoms with van der Waals surface area (Å²) in [6.45, 7) is 3.47. The van der Waals surface area contributed by atoms with Crippen LogP contribution in [0, 0.1) is 0 Å². The number of carbonyl (C=O) groups is 2. The van der Waals surface area contributed by atoms with Crippen LogP contribution < -0.4 is 10.2 Å². The standard InChI is InChI=1S/C12H16N2O2/c1-9(15)13-8-11-5-4-6-12(7-11)14(3)10(2)16/h4-7H,8H2,1-3H3,(H,13,15). The van der Waals surface area contributed by atoms with E-state index < -0.39 is 0 Å². The Morgan fingerprint density at radius 2 is 2.00 bits per heavy atom. The second-order valence-electron chi connectivity index (χ2n) is 3.66. The summed E-state index contributed by atoms with van der Waals surface area (Å²) in [7, 11) is 1.72. The van der Waals surface area contributed by atoms with Gasteiger partial charge in [0.25, 0.3) is 0 Å². The van der Waals surface area contributed by atoms with E-state index in [1.165, 1.54) is 13.8 Å². The molecule has 0 fully saturated rings. The van der Waals surface area contributed by atoms with Gasteiger partial charge in [0, 0.05) is 33.1 Å². The summed E-state index contributed by atoms with van der Waals surface area (Å²) < 4.78 is 0. The van der Waals surface area contributed by atoms with Gasteiger partial charge in [-0.1, -0.05) is 12.1 Å². The molecule has 0 heterocycles. The van der Waals surface area contributed by atoms with Crippen molar-refractivity contribution in [2.45, 2.75) is 20.4 Å². The minimum Gasteiger partial charge on any atom is -0.352 e. The topological polar surface area (TPSA) is 49.4 Å². The van der Waals surface area contributed by atoms with Gasteiger partial charge in [0.15, 0.2) is 0 Å². The Labute approximate surface area is 95.3 Å². The Balaban J connectivity index is 2.78. The fourth-order valence-electron chi connectivity index (χ4n) is 1.28. The quantitative estimate of drug-likeness (QED) is 0.834. The second-order valence-corrected chi connectivity index (χ2v) is 3.66. The zero-order valence-electron chi connectivity index (χ0n) is 9.78. The number of benzene rings is 1. The number of hydrogen-bond acceptors (Lipinski definition) is 2. The maximum atomic E-state index is 11.2. The molecule has 0 saturated heterocycles. The number of amides is 2. The number of rotatable bonds is 3. The van der Waals surface area contributed by atoms with E-state index in [9.17, 15) is 9.59 Å². The van der Waals surface area contributed by atoms with Crippen LogP contribution in [0.25, 0.3) is 0 Å². The molecule has 0 unspecified atom stereocenters. The van der Waals surface area contributed by atoms with Crippen LogP contribution in [0.3, 0.4) is 0 Å². The zero-order chi connectivity index (χ0) is 12.1. The highest BCUT2D eigenvalue weighted by atomic mass is 16.2. The summed E-state index contributed by atoms with van der Waals surface area (Å²) in [6.07, 6.45) is 0. The molecule has 0 saturated carbocycles. The third-order valence-corrected chi connectivity index (χ3v) is 2.31. The van der Waals surface area contributed by atoms with E-state index in [1.54, 1.807) is 11.9 Å². The maximum Gasteiger partial charge on any atom is 0.223 e. The van der Waals surface area contributed by atoms with Gasteiger partial charge >= 0.3 is 0 Å². The van der Waals surface area contributed by atoms with E-state index in [4.69, 9.17) is 0 Å². The molecule has 16 heavy (non-hydrogen) atoms. The van der Waals surface area contributed by atoms with E-state index >= 15 is 0 Å². The molecule has 0 radical (unpaired) electrons. The van der Waals surface area contributed by atoms with Gasteiger partial charge < -0.3 is 10.2 Å². The monoisotopic (exact) mass is 220 g/mol. The Morgan fingerprint density at radius 1 is 1.31 bits per heavy atom. The number of carbonyl (C=O) groups excluding carboxylic acids is 2. The van der Waals surface area contributed by atoms with Crippen molar-refractivity contribution in [3.8, 4) is 0 Å². The molecule has 0 bridgehead atoms. The van der Waals surface area contributed by atoms with Gasteiger partial charge in [0.2, 0.25) is 11.8 Å². The summed E-state index contributed by atoms with van der Waals surface area (Å²) >= 11 is 0. The SMILES string of the molecule is CC(=O)NCc1cccc(N(C)C(C)=O)c1. The molecular weight excluding hydrogens is 204 g/mol. The molecule has 0 atom stereocenters. The van der Waals surface area contributed by atoms with E-state index in [0.717, 1.165) is 11.3 Å². The van der Waals surface area contributed by atoms with E-state index in [1.807, 2.05) is 24.3 Å². The van der Waals surface area contributed by atoms with Gasteiger partial charge in [0.05, 0.1) is 0 Å². The second kappa shape index (κ2) is 5.30. The van der Waals surface area contributed by atoms with Crippen molar-refractivity contribution >= 4 is 17.5 Å². The molecule has 2 amide bonds. The van der Waals surface area contributed by atoms with Crippen LogP contribution in [0.5, 0.6) is 0 Å². The molecule has 4 nitrogen and oxygen atoms in total. The Morgan fingerprint density at radius 3 is 2.56 bits per heavy atom. The lowest BCUT2D eigenvalue weighted by molar-refractivity contribution is -0.119. The Kier molecular flexibility index (Phi) is 4.05. The van der Waals surface area contributed by atoms with Crippen molar-refractivity contribution < 1.29 is 9.59 Å². The number of anilines is 1. The summed E-state index contributed by atoms with van der Waals surface area (Å²) in [4.78, 5) is 23.5. The van der Waals surface area contributed by atoms with Gasteiger partial charge in [0.1, 0.15) is 0 Å². The molecule has 1 N–H and O–H groups in total. The molecule has 0 spiro atoms. The average Bonchev–Trinajstić information content (AvgIpc) is 2.25. The van der Waals surface area contributed by atoms with Crippen LogP contribution in [0.15, 0.2) is 24.3 Å². The van der Waals surface area contributed by atoms with Crippen molar-refractivity contribution in [2.75, 3.05) is 11.9 Å². The first kappa shape index (κ1) is 12.2. The summed E-state index contributed by atoms with van der Waals surface area (Å²) in [5.41, 5.74) is 1.80. The van der Waals surface area contributed by atoms with E-state index in [-0.39, 0.29) is 11.8 Å². The highest BCUT2D eigenvalue weighted by molar-refractivity contribution is 5.90. The highest BCUT2D eigenvalue weighted by Crippen LogP contribution is 2.14.